The standard InChI is InChI=1S/C19H14F2O5/c1-11-2-7-15-13(9-17(22)26-16(15)8-11)10-24-18(23)12-3-5-14(6-4-12)25-19(20)21/h2-9,19H,10H2,1H3. The number of ether oxygens (including phenoxy) is 2. The van der Waals surface area contributed by atoms with E-state index in [9.17, 15) is 18.4 Å². The zero-order valence-electron chi connectivity index (χ0n) is 13.7. The molecular formula is C19H14F2O5. The lowest BCUT2D eigenvalue weighted by Gasteiger charge is -2.08. The van der Waals surface area contributed by atoms with Crippen molar-refractivity contribution in [1.29, 1.82) is 0 Å². The van der Waals surface area contributed by atoms with Gasteiger partial charge in [-0.25, -0.2) is 9.59 Å². The van der Waals surface area contributed by atoms with Crippen LogP contribution in [0.2, 0.25) is 0 Å². The maximum absolute atomic E-state index is 12.1. The lowest BCUT2D eigenvalue weighted by Crippen LogP contribution is -2.08. The quantitative estimate of drug-likeness (QED) is 0.507. The molecule has 7 heteroatoms. The van der Waals surface area contributed by atoms with Crippen molar-refractivity contribution in [1.82, 2.24) is 0 Å². The van der Waals surface area contributed by atoms with Crippen LogP contribution in [-0.2, 0) is 11.3 Å². The van der Waals surface area contributed by atoms with Crippen molar-refractivity contribution in [2.75, 3.05) is 0 Å². The molecule has 26 heavy (non-hydrogen) atoms. The molecule has 0 unspecified atom stereocenters. The number of fused-ring (bicyclic) bond motifs is 1. The highest BCUT2D eigenvalue weighted by atomic mass is 19.3. The number of carbonyl (C=O) groups excluding carboxylic acids is 1. The molecule has 5 nitrogen and oxygen atoms in total. The van der Waals surface area contributed by atoms with Crippen LogP contribution in [-0.4, -0.2) is 12.6 Å². The Balaban J connectivity index is 1.75. The minimum Gasteiger partial charge on any atom is -0.457 e. The lowest BCUT2D eigenvalue weighted by molar-refractivity contribution is -0.0498. The van der Waals surface area contributed by atoms with Gasteiger partial charge in [-0.05, 0) is 42.8 Å². The highest BCUT2D eigenvalue weighted by Crippen LogP contribution is 2.20. The van der Waals surface area contributed by atoms with Gasteiger partial charge in [-0.3, -0.25) is 0 Å². The second-order valence-electron chi connectivity index (χ2n) is 5.57. The van der Waals surface area contributed by atoms with Crippen LogP contribution in [0.5, 0.6) is 5.75 Å². The van der Waals surface area contributed by atoms with Crippen LogP contribution in [0.1, 0.15) is 21.5 Å². The summed E-state index contributed by atoms with van der Waals surface area (Å²) in [6.45, 7) is -1.19. The molecule has 0 aliphatic rings. The zero-order valence-corrected chi connectivity index (χ0v) is 13.7. The number of aryl methyl sites for hydroxylation is 1. The molecular weight excluding hydrogens is 346 g/mol. The third kappa shape index (κ3) is 4.05. The van der Waals surface area contributed by atoms with Gasteiger partial charge in [0, 0.05) is 17.0 Å². The van der Waals surface area contributed by atoms with E-state index < -0.39 is 18.2 Å². The minimum atomic E-state index is -2.94. The molecule has 0 aliphatic carbocycles. The molecule has 0 atom stereocenters. The summed E-state index contributed by atoms with van der Waals surface area (Å²) in [5, 5.41) is 0.670. The van der Waals surface area contributed by atoms with Crippen molar-refractivity contribution in [2.24, 2.45) is 0 Å². The van der Waals surface area contributed by atoms with E-state index in [1.54, 1.807) is 12.1 Å². The monoisotopic (exact) mass is 360 g/mol. The van der Waals surface area contributed by atoms with Gasteiger partial charge in [0.1, 0.15) is 17.9 Å². The number of esters is 1. The van der Waals surface area contributed by atoms with E-state index in [1.807, 2.05) is 13.0 Å². The molecule has 0 spiro atoms. The third-order valence-electron chi connectivity index (χ3n) is 3.66. The van der Waals surface area contributed by atoms with E-state index in [1.165, 1.54) is 30.3 Å². The first-order valence-corrected chi connectivity index (χ1v) is 7.68. The molecule has 0 saturated heterocycles. The first-order valence-electron chi connectivity index (χ1n) is 7.68. The topological polar surface area (TPSA) is 65.7 Å². The van der Waals surface area contributed by atoms with Crippen LogP contribution >= 0.6 is 0 Å². The molecule has 3 rings (SSSR count). The first kappa shape index (κ1) is 17.6. The molecule has 1 heterocycles. The molecule has 1 aromatic heterocycles. The van der Waals surface area contributed by atoms with Crippen molar-refractivity contribution < 1.29 is 27.5 Å². The normalized spacial score (nSPS) is 10.9. The first-order chi connectivity index (χ1) is 12.4. The third-order valence-corrected chi connectivity index (χ3v) is 3.66. The van der Waals surface area contributed by atoms with Gasteiger partial charge in [-0.15, -0.1) is 0 Å². The Hall–Kier alpha value is -3.22. The molecule has 0 amide bonds. The number of hydrogen-bond donors (Lipinski definition) is 0. The number of halogens is 2. The van der Waals surface area contributed by atoms with Crippen molar-refractivity contribution in [3.05, 3.63) is 75.6 Å². The summed E-state index contributed by atoms with van der Waals surface area (Å²) in [6, 6.07) is 11.8. The Morgan fingerprint density at radius 3 is 2.54 bits per heavy atom. The summed E-state index contributed by atoms with van der Waals surface area (Å²) < 4.78 is 38.8. The van der Waals surface area contributed by atoms with E-state index >= 15 is 0 Å². The van der Waals surface area contributed by atoms with Gasteiger partial charge in [-0.1, -0.05) is 12.1 Å². The number of benzene rings is 2. The van der Waals surface area contributed by atoms with Gasteiger partial charge in [-0.2, -0.15) is 8.78 Å². The summed E-state index contributed by atoms with van der Waals surface area (Å²) in [5.41, 5.74) is 1.50. The van der Waals surface area contributed by atoms with E-state index in [4.69, 9.17) is 9.15 Å². The van der Waals surface area contributed by atoms with Crippen LogP contribution < -0.4 is 10.4 Å². The summed E-state index contributed by atoms with van der Waals surface area (Å²) in [6.07, 6.45) is 0. The number of alkyl halides is 2. The Morgan fingerprint density at radius 2 is 1.85 bits per heavy atom. The fraction of sp³-hybridized carbons (Fsp3) is 0.158. The van der Waals surface area contributed by atoms with Crippen molar-refractivity contribution >= 4 is 16.9 Å². The zero-order chi connectivity index (χ0) is 18.7. The predicted molar refractivity (Wildman–Crippen MR) is 89.4 cm³/mol. The van der Waals surface area contributed by atoms with Crippen LogP contribution in [0.4, 0.5) is 8.78 Å². The summed E-state index contributed by atoms with van der Waals surface area (Å²) in [4.78, 5) is 23.8. The largest absolute Gasteiger partial charge is 0.457 e. The molecule has 0 bridgehead atoms. The smallest absolute Gasteiger partial charge is 0.387 e. The van der Waals surface area contributed by atoms with Gasteiger partial charge in [0.05, 0.1) is 5.56 Å². The van der Waals surface area contributed by atoms with E-state index in [0.29, 0.717) is 16.5 Å². The van der Waals surface area contributed by atoms with Crippen molar-refractivity contribution in [3.63, 3.8) is 0 Å². The van der Waals surface area contributed by atoms with Crippen molar-refractivity contribution in [3.8, 4) is 5.75 Å². The molecule has 0 saturated carbocycles. The lowest BCUT2D eigenvalue weighted by atomic mass is 10.1. The number of rotatable bonds is 5. The maximum Gasteiger partial charge on any atom is 0.387 e. The van der Waals surface area contributed by atoms with Crippen LogP contribution in [0.25, 0.3) is 11.0 Å². The molecule has 0 radical (unpaired) electrons. The molecule has 3 aromatic rings. The summed E-state index contributed by atoms with van der Waals surface area (Å²) >= 11 is 0. The Labute approximate surface area is 146 Å². The SMILES string of the molecule is Cc1ccc2c(COC(=O)c3ccc(OC(F)F)cc3)cc(=O)oc2c1. The molecule has 134 valence electrons. The Bertz CT molecular complexity index is 993. The van der Waals surface area contributed by atoms with E-state index in [-0.39, 0.29) is 17.9 Å². The number of hydrogen-bond acceptors (Lipinski definition) is 5. The van der Waals surface area contributed by atoms with E-state index in [0.717, 1.165) is 5.56 Å². The molecule has 0 aliphatic heterocycles. The van der Waals surface area contributed by atoms with Gasteiger partial charge < -0.3 is 13.9 Å². The highest BCUT2D eigenvalue weighted by molar-refractivity contribution is 5.89. The fourth-order valence-corrected chi connectivity index (χ4v) is 2.46. The molecule has 0 fully saturated rings. The molecule has 2 aromatic carbocycles. The van der Waals surface area contributed by atoms with Gasteiger partial charge in [0.25, 0.3) is 0 Å². The minimum absolute atomic E-state index is 0.0569. The predicted octanol–water partition coefficient (Wildman–Crippen LogP) is 4.06. The summed E-state index contributed by atoms with van der Waals surface area (Å²) in [5.74, 6) is -0.708. The second kappa shape index (κ2) is 7.35. The van der Waals surface area contributed by atoms with Crippen LogP contribution in [0.15, 0.2) is 57.7 Å². The maximum atomic E-state index is 12.1. The van der Waals surface area contributed by atoms with Crippen LogP contribution in [0, 0.1) is 6.92 Å². The van der Waals surface area contributed by atoms with Crippen LogP contribution in [0.3, 0.4) is 0 Å². The van der Waals surface area contributed by atoms with Crippen molar-refractivity contribution in [2.45, 2.75) is 20.1 Å². The van der Waals surface area contributed by atoms with Gasteiger partial charge in [0.2, 0.25) is 0 Å². The number of carbonyl (C=O) groups is 1. The van der Waals surface area contributed by atoms with Gasteiger partial charge in [0.15, 0.2) is 0 Å². The molecule has 0 N–H and O–H groups in total. The average Bonchev–Trinajstić information content (AvgIpc) is 2.59. The van der Waals surface area contributed by atoms with Gasteiger partial charge >= 0.3 is 18.2 Å². The Kier molecular flexibility index (Phi) is 4.97. The Morgan fingerprint density at radius 1 is 1.12 bits per heavy atom. The average molecular weight is 360 g/mol. The highest BCUT2D eigenvalue weighted by Gasteiger charge is 2.12. The fourth-order valence-electron chi connectivity index (χ4n) is 2.46. The second-order valence-corrected chi connectivity index (χ2v) is 5.57. The summed E-state index contributed by atoms with van der Waals surface area (Å²) in [7, 11) is 0. The van der Waals surface area contributed by atoms with E-state index in [2.05, 4.69) is 4.74 Å².